The van der Waals surface area contributed by atoms with Gasteiger partial charge in [-0.2, -0.15) is 13.2 Å². The van der Waals surface area contributed by atoms with E-state index in [0.29, 0.717) is 17.6 Å². The van der Waals surface area contributed by atoms with E-state index >= 15 is 4.39 Å². The Bertz CT molecular complexity index is 1070. The molecule has 0 bridgehead atoms. The number of aromatic nitrogens is 1. The molecular formula is C31H41F4NO. The first kappa shape index (κ1) is 26.9. The van der Waals surface area contributed by atoms with Crippen LogP contribution in [0.3, 0.4) is 0 Å². The summed E-state index contributed by atoms with van der Waals surface area (Å²) in [4.78, 5) is 5.17. The monoisotopic (exact) mass is 519 g/mol. The number of nitrogens with zero attached hydrogens (tertiary/aromatic N) is 1. The van der Waals surface area contributed by atoms with Crippen LogP contribution in [0, 0.1) is 11.3 Å². The Balaban J connectivity index is 1.71. The van der Waals surface area contributed by atoms with Crippen LogP contribution in [0.15, 0.2) is 23.3 Å². The van der Waals surface area contributed by atoms with Gasteiger partial charge in [-0.15, -0.1) is 0 Å². The number of rotatable bonds is 4. The molecule has 6 heteroatoms. The summed E-state index contributed by atoms with van der Waals surface area (Å²) in [7, 11) is 0. The maximum absolute atomic E-state index is 17.0. The highest BCUT2D eigenvalue weighted by Gasteiger charge is 2.43. The summed E-state index contributed by atoms with van der Waals surface area (Å²) in [6.45, 7) is 6.01. The van der Waals surface area contributed by atoms with Crippen molar-refractivity contribution >= 4 is 0 Å². The van der Waals surface area contributed by atoms with E-state index in [-0.39, 0.29) is 23.7 Å². The lowest BCUT2D eigenvalue weighted by Crippen LogP contribution is -2.31. The maximum Gasteiger partial charge on any atom is 0.412 e. The Morgan fingerprint density at radius 2 is 1.57 bits per heavy atom. The van der Waals surface area contributed by atoms with Gasteiger partial charge in [0.1, 0.15) is 6.17 Å². The lowest BCUT2D eigenvalue weighted by molar-refractivity contribution is -0.0952. The molecule has 1 aromatic heterocycles. The third-order valence-electron chi connectivity index (χ3n) is 9.39. The minimum Gasteiger partial charge on any atom is -0.388 e. The summed E-state index contributed by atoms with van der Waals surface area (Å²) in [5.74, 6) is -0.216. The van der Waals surface area contributed by atoms with Gasteiger partial charge in [0.05, 0.1) is 11.8 Å². The van der Waals surface area contributed by atoms with Gasteiger partial charge in [0.15, 0.2) is 0 Å². The number of aliphatic hydroxyl groups is 1. The fourth-order valence-electron chi connectivity index (χ4n) is 7.56. The predicted octanol–water partition coefficient (Wildman–Crippen LogP) is 9.26. The summed E-state index contributed by atoms with van der Waals surface area (Å²) in [5.41, 5.74) is 3.86. The first-order chi connectivity index (χ1) is 17.5. The third-order valence-corrected chi connectivity index (χ3v) is 9.39. The van der Waals surface area contributed by atoms with Gasteiger partial charge in [0.25, 0.3) is 0 Å². The zero-order chi connectivity index (χ0) is 26.5. The Morgan fingerprint density at radius 1 is 0.946 bits per heavy atom. The summed E-state index contributed by atoms with van der Waals surface area (Å²) < 4.78 is 57.2. The first-order valence-electron chi connectivity index (χ1n) is 14.3. The Hall–Kier alpha value is -1.69. The molecule has 0 aliphatic heterocycles. The van der Waals surface area contributed by atoms with E-state index in [1.165, 1.54) is 6.08 Å². The second kappa shape index (κ2) is 10.1. The molecule has 1 unspecified atom stereocenters. The van der Waals surface area contributed by atoms with Crippen molar-refractivity contribution < 1.29 is 22.7 Å². The summed E-state index contributed by atoms with van der Waals surface area (Å²) >= 11 is 0. The van der Waals surface area contributed by atoms with Crippen molar-refractivity contribution in [3.63, 3.8) is 0 Å². The predicted molar refractivity (Wildman–Crippen MR) is 138 cm³/mol. The van der Waals surface area contributed by atoms with Crippen LogP contribution >= 0.6 is 0 Å². The van der Waals surface area contributed by atoms with Crippen LogP contribution in [0.5, 0.6) is 0 Å². The van der Waals surface area contributed by atoms with Crippen LogP contribution in [-0.2, 0) is 6.42 Å². The van der Waals surface area contributed by atoms with Crippen LogP contribution in [0.2, 0.25) is 0 Å². The number of hydrogen-bond acceptors (Lipinski definition) is 2. The second-order valence-corrected chi connectivity index (χ2v) is 12.9. The maximum atomic E-state index is 17.0. The molecule has 2 saturated carbocycles. The highest BCUT2D eigenvalue weighted by molar-refractivity contribution is 5.51. The number of fused-ring (bicyclic) bond motifs is 1. The van der Waals surface area contributed by atoms with Gasteiger partial charge in [-0.05, 0) is 73.3 Å². The van der Waals surface area contributed by atoms with E-state index in [2.05, 4.69) is 13.8 Å². The standard InChI is InChI=1S/C31H41F4NO/c1-18-15-21(31(33,34)35)13-14-22(18)28(32)27-25(19-9-5-4-6-10-19)26-23(16-30(2,3)17-24(26)37)36-29(27)20-11-7-8-12-20/h13-14,18-20,24,28,37H,4-12,15-17H2,1-3H3/t18?,24-,28-/m0/s1. The molecule has 4 aliphatic carbocycles. The molecule has 0 spiro atoms. The minimum absolute atomic E-state index is 0.0912. The molecule has 204 valence electrons. The van der Waals surface area contributed by atoms with Crippen molar-refractivity contribution in [2.24, 2.45) is 11.3 Å². The SMILES string of the molecule is CC1CC(C(F)(F)F)=CC=C1[C@H](F)c1c(C2CCCC2)nc2c(c1C1CCCCC1)[C@@H](O)CC(C)(C)C2. The van der Waals surface area contributed by atoms with Crippen molar-refractivity contribution in [3.05, 3.63) is 51.4 Å². The van der Waals surface area contributed by atoms with E-state index in [1.54, 1.807) is 6.92 Å². The van der Waals surface area contributed by atoms with Crippen molar-refractivity contribution in [1.29, 1.82) is 0 Å². The van der Waals surface area contributed by atoms with Crippen molar-refractivity contribution in [1.82, 2.24) is 4.98 Å². The molecule has 1 heterocycles. The number of aliphatic hydroxyl groups excluding tert-OH is 1. The Kier molecular flexibility index (Phi) is 7.36. The molecular weight excluding hydrogens is 478 g/mol. The average Bonchev–Trinajstić information content (AvgIpc) is 3.36. The van der Waals surface area contributed by atoms with E-state index in [1.807, 2.05) is 0 Å². The molecule has 2 fully saturated rings. The number of alkyl halides is 4. The van der Waals surface area contributed by atoms with Gasteiger partial charge < -0.3 is 5.11 Å². The van der Waals surface area contributed by atoms with Crippen LogP contribution in [-0.4, -0.2) is 16.3 Å². The number of allylic oxidation sites excluding steroid dienone is 4. The fourth-order valence-corrected chi connectivity index (χ4v) is 7.56. The van der Waals surface area contributed by atoms with E-state index in [9.17, 15) is 18.3 Å². The van der Waals surface area contributed by atoms with E-state index in [4.69, 9.17) is 4.98 Å². The molecule has 1 aromatic rings. The van der Waals surface area contributed by atoms with E-state index in [0.717, 1.165) is 92.8 Å². The molecule has 0 aromatic carbocycles. The largest absolute Gasteiger partial charge is 0.412 e. The molecule has 0 saturated heterocycles. The number of hydrogen-bond donors (Lipinski definition) is 1. The Morgan fingerprint density at radius 3 is 2.19 bits per heavy atom. The van der Waals surface area contributed by atoms with Crippen molar-refractivity contribution in [2.45, 2.75) is 128 Å². The fraction of sp³-hybridized carbons (Fsp3) is 0.710. The molecule has 1 N–H and O–H groups in total. The molecule has 37 heavy (non-hydrogen) atoms. The van der Waals surface area contributed by atoms with Gasteiger partial charge in [-0.25, -0.2) is 4.39 Å². The molecule has 4 aliphatic rings. The summed E-state index contributed by atoms with van der Waals surface area (Å²) in [6.07, 6.45) is 6.36. The van der Waals surface area contributed by atoms with Gasteiger partial charge in [0, 0.05) is 28.3 Å². The van der Waals surface area contributed by atoms with Crippen LogP contribution in [0.4, 0.5) is 17.6 Å². The molecule has 0 amide bonds. The van der Waals surface area contributed by atoms with Crippen molar-refractivity contribution in [3.8, 4) is 0 Å². The highest BCUT2D eigenvalue weighted by atomic mass is 19.4. The summed E-state index contributed by atoms with van der Waals surface area (Å²) in [5, 5.41) is 11.4. The molecule has 2 nitrogen and oxygen atoms in total. The van der Waals surface area contributed by atoms with Gasteiger partial charge in [-0.3, -0.25) is 4.98 Å². The Labute approximate surface area is 218 Å². The minimum atomic E-state index is -4.39. The number of pyridine rings is 1. The van der Waals surface area contributed by atoms with Gasteiger partial charge in [0.2, 0.25) is 0 Å². The topological polar surface area (TPSA) is 33.1 Å². The van der Waals surface area contributed by atoms with Gasteiger partial charge >= 0.3 is 6.18 Å². The van der Waals surface area contributed by atoms with Gasteiger partial charge in [-0.1, -0.05) is 65.0 Å². The third kappa shape index (κ3) is 5.29. The van der Waals surface area contributed by atoms with Crippen molar-refractivity contribution in [2.75, 3.05) is 0 Å². The lowest BCUT2D eigenvalue weighted by Gasteiger charge is -2.40. The highest BCUT2D eigenvalue weighted by Crippen LogP contribution is 2.53. The van der Waals surface area contributed by atoms with Crippen LogP contribution in [0.25, 0.3) is 0 Å². The quantitative estimate of drug-likeness (QED) is 0.402. The first-order valence-corrected chi connectivity index (χ1v) is 14.3. The van der Waals surface area contributed by atoms with Crippen LogP contribution in [0.1, 0.15) is 144 Å². The smallest absolute Gasteiger partial charge is 0.388 e. The lowest BCUT2D eigenvalue weighted by atomic mass is 9.68. The zero-order valence-electron chi connectivity index (χ0n) is 22.4. The van der Waals surface area contributed by atoms with Crippen LogP contribution < -0.4 is 0 Å². The molecule has 3 atom stereocenters. The van der Waals surface area contributed by atoms with E-state index < -0.39 is 29.9 Å². The molecule has 0 radical (unpaired) electrons. The second-order valence-electron chi connectivity index (χ2n) is 12.9. The molecule has 5 rings (SSSR count). The summed E-state index contributed by atoms with van der Waals surface area (Å²) in [6, 6.07) is 0. The number of halogens is 4. The zero-order valence-corrected chi connectivity index (χ0v) is 22.4. The normalized spacial score (nSPS) is 28.0. The average molecular weight is 520 g/mol.